The minimum Gasteiger partial charge on any atom is -0.393 e. The molecular formula is C22H42O. The molecule has 1 heteroatoms. The molecule has 0 heterocycles. The third-order valence-electron chi connectivity index (χ3n) is 4.35. The molecule has 0 saturated heterocycles. The van der Waals surface area contributed by atoms with Gasteiger partial charge in [0.15, 0.2) is 0 Å². The minimum atomic E-state index is -0.0861. The zero-order valence-electron chi connectivity index (χ0n) is 15.9. The Bertz CT molecular complexity index is 267. The van der Waals surface area contributed by atoms with E-state index in [4.69, 9.17) is 0 Å². The lowest BCUT2D eigenvalue weighted by Crippen LogP contribution is -2.05. The van der Waals surface area contributed by atoms with E-state index in [0.717, 1.165) is 32.1 Å². The van der Waals surface area contributed by atoms with Crippen LogP contribution in [-0.4, -0.2) is 11.2 Å². The second kappa shape index (κ2) is 19.5. The van der Waals surface area contributed by atoms with Crippen molar-refractivity contribution in [2.24, 2.45) is 0 Å². The first kappa shape index (κ1) is 22.4. The standard InChI is InChI=1S/C22H42O/c1-3-5-7-9-11-13-15-17-19-21-22(23)20-18-16-14-12-10-8-6-4-2/h11-14,22-23H,3-10,15-21H2,1-2H3/b13-11-,14-12-. The maximum atomic E-state index is 9.98. The first-order valence-electron chi connectivity index (χ1n) is 10.3. The van der Waals surface area contributed by atoms with Gasteiger partial charge in [-0.25, -0.2) is 0 Å². The van der Waals surface area contributed by atoms with Gasteiger partial charge in [0, 0.05) is 0 Å². The van der Waals surface area contributed by atoms with Crippen LogP contribution in [0.3, 0.4) is 0 Å². The highest BCUT2D eigenvalue weighted by Crippen LogP contribution is 2.11. The number of hydrogen-bond acceptors (Lipinski definition) is 1. The van der Waals surface area contributed by atoms with Crippen molar-refractivity contribution in [2.45, 2.75) is 116 Å². The van der Waals surface area contributed by atoms with Crippen LogP contribution < -0.4 is 0 Å². The maximum Gasteiger partial charge on any atom is 0.0540 e. The van der Waals surface area contributed by atoms with Crippen LogP contribution in [0.4, 0.5) is 0 Å². The van der Waals surface area contributed by atoms with Crippen molar-refractivity contribution in [3.63, 3.8) is 0 Å². The van der Waals surface area contributed by atoms with Gasteiger partial charge in [-0.15, -0.1) is 0 Å². The van der Waals surface area contributed by atoms with Crippen LogP contribution in [0.25, 0.3) is 0 Å². The lowest BCUT2D eigenvalue weighted by atomic mass is 10.0. The van der Waals surface area contributed by atoms with Crippen LogP contribution in [0, 0.1) is 0 Å². The maximum absolute atomic E-state index is 9.98. The molecule has 0 amide bonds. The SMILES string of the molecule is CCCCC/C=C\CCCCC(O)CCC/C=C\CCCCC. The summed E-state index contributed by atoms with van der Waals surface area (Å²) in [5.74, 6) is 0. The highest BCUT2D eigenvalue weighted by Gasteiger charge is 2.02. The summed E-state index contributed by atoms with van der Waals surface area (Å²) in [5, 5.41) is 9.98. The van der Waals surface area contributed by atoms with Crippen molar-refractivity contribution in [1.82, 2.24) is 0 Å². The summed E-state index contributed by atoms with van der Waals surface area (Å²) in [5.41, 5.74) is 0. The molecular weight excluding hydrogens is 280 g/mol. The Hall–Kier alpha value is -0.560. The molecule has 0 aliphatic rings. The van der Waals surface area contributed by atoms with Gasteiger partial charge in [0.05, 0.1) is 6.10 Å². The van der Waals surface area contributed by atoms with E-state index in [9.17, 15) is 5.11 Å². The van der Waals surface area contributed by atoms with Gasteiger partial charge in [0.25, 0.3) is 0 Å². The Morgan fingerprint density at radius 2 is 0.957 bits per heavy atom. The van der Waals surface area contributed by atoms with Gasteiger partial charge in [0.1, 0.15) is 0 Å². The average Bonchev–Trinajstić information content (AvgIpc) is 2.56. The van der Waals surface area contributed by atoms with Gasteiger partial charge >= 0.3 is 0 Å². The second-order valence-electron chi connectivity index (χ2n) is 6.80. The number of unbranched alkanes of at least 4 members (excludes halogenated alkanes) is 9. The fourth-order valence-corrected chi connectivity index (χ4v) is 2.75. The quantitative estimate of drug-likeness (QED) is 0.219. The van der Waals surface area contributed by atoms with Crippen molar-refractivity contribution >= 4 is 0 Å². The topological polar surface area (TPSA) is 20.2 Å². The largest absolute Gasteiger partial charge is 0.393 e. The number of allylic oxidation sites excluding steroid dienone is 4. The predicted molar refractivity (Wildman–Crippen MR) is 105 cm³/mol. The van der Waals surface area contributed by atoms with Gasteiger partial charge in [-0.3, -0.25) is 0 Å². The summed E-state index contributed by atoms with van der Waals surface area (Å²) in [6, 6.07) is 0. The lowest BCUT2D eigenvalue weighted by Gasteiger charge is -2.08. The predicted octanol–water partition coefficient (Wildman–Crippen LogP) is 7.35. The average molecular weight is 323 g/mol. The first-order chi connectivity index (χ1) is 11.3. The Morgan fingerprint density at radius 3 is 1.43 bits per heavy atom. The van der Waals surface area contributed by atoms with Crippen molar-refractivity contribution < 1.29 is 5.11 Å². The Labute approximate surface area is 146 Å². The van der Waals surface area contributed by atoms with E-state index in [1.54, 1.807) is 0 Å². The van der Waals surface area contributed by atoms with Crippen molar-refractivity contribution in [2.75, 3.05) is 0 Å². The van der Waals surface area contributed by atoms with Crippen LogP contribution in [0.15, 0.2) is 24.3 Å². The summed E-state index contributed by atoms with van der Waals surface area (Å²) in [6.07, 6.45) is 27.4. The summed E-state index contributed by atoms with van der Waals surface area (Å²) >= 11 is 0. The van der Waals surface area contributed by atoms with E-state index in [0.29, 0.717) is 0 Å². The number of rotatable bonds is 17. The summed E-state index contributed by atoms with van der Waals surface area (Å²) in [4.78, 5) is 0. The van der Waals surface area contributed by atoms with Crippen molar-refractivity contribution in [1.29, 1.82) is 0 Å². The molecule has 23 heavy (non-hydrogen) atoms. The van der Waals surface area contributed by atoms with Crippen LogP contribution in [0.5, 0.6) is 0 Å². The normalized spacial score (nSPS) is 13.3. The molecule has 1 unspecified atom stereocenters. The van der Waals surface area contributed by atoms with E-state index in [2.05, 4.69) is 38.2 Å². The fourth-order valence-electron chi connectivity index (χ4n) is 2.75. The van der Waals surface area contributed by atoms with E-state index in [-0.39, 0.29) is 6.10 Å². The smallest absolute Gasteiger partial charge is 0.0540 e. The van der Waals surface area contributed by atoms with Crippen molar-refractivity contribution in [3.05, 3.63) is 24.3 Å². The summed E-state index contributed by atoms with van der Waals surface area (Å²) in [6.45, 7) is 4.49. The summed E-state index contributed by atoms with van der Waals surface area (Å²) < 4.78 is 0. The van der Waals surface area contributed by atoms with Crippen LogP contribution in [0.2, 0.25) is 0 Å². The zero-order chi connectivity index (χ0) is 17.0. The molecule has 1 nitrogen and oxygen atoms in total. The fraction of sp³-hybridized carbons (Fsp3) is 0.818. The monoisotopic (exact) mass is 322 g/mol. The lowest BCUT2D eigenvalue weighted by molar-refractivity contribution is 0.149. The molecule has 0 saturated carbocycles. The van der Waals surface area contributed by atoms with E-state index < -0.39 is 0 Å². The van der Waals surface area contributed by atoms with Gasteiger partial charge < -0.3 is 5.11 Å². The molecule has 0 fully saturated rings. The van der Waals surface area contributed by atoms with Gasteiger partial charge in [-0.1, -0.05) is 70.3 Å². The molecule has 136 valence electrons. The third-order valence-corrected chi connectivity index (χ3v) is 4.35. The molecule has 0 bridgehead atoms. The number of hydrogen-bond donors (Lipinski definition) is 1. The molecule has 0 aromatic rings. The molecule has 1 atom stereocenters. The first-order valence-corrected chi connectivity index (χ1v) is 10.3. The van der Waals surface area contributed by atoms with Crippen LogP contribution in [-0.2, 0) is 0 Å². The number of aliphatic hydroxyl groups excluding tert-OH is 1. The summed E-state index contributed by atoms with van der Waals surface area (Å²) in [7, 11) is 0. The van der Waals surface area contributed by atoms with E-state index in [1.807, 2.05) is 0 Å². The molecule has 0 radical (unpaired) electrons. The van der Waals surface area contributed by atoms with Gasteiger partial charge in [-0.2, -0.15) is 0 Å². The Balaban J connectivity index is 3.29. The van der Waals surface area contributed by atoms with Crippen molar-refractivity contribution in [3.8, 4) is 0 Å². The van der Waals surface area contributed by atoms with E-state index >= 15 is 0 Å². The highest BCUT2D eigenvalue weighted by molar-refractivity contribution is 4.82. The van der Waals surface area contributed by atoms with Crippen LogP contribution in [0.1, 0.15) is 110 Å². The molecule has 0 aromatic heterocycles. The molecule has 0 spiro atoms. The zero-order valence-corrected chi connectivity index (χ0v) is 15.9. The number of aliphatic hydroxyl groups is 1. The minimum absolute atomic E-state index is 0.0861. The molecule has 0 aliphatic carbocycles. The molecule has 1 N–H and O–H groups in total. The molecule has 0 aromatic carbocycles. The second-order valence-corrected chi connectivity index (χ2v) is 6.80. The van der Waals surface area contributed by atoms with Gasteiger partial charge in [-0.05, 0) is 64.2 Å². The Morgan fingerprint density at radius 1 is 0.565 bits per heavy atom. The van der Waals surface area contributed by atoms with Gasteiger partial charge in [0.2, 0.25) is 0 Å². The molecule has 0 rings (SSSR count). The third kappa shape index (κ3) is 19.4. The molecule has 0 aliphatic heterocycles. The van der Waals surface area contributed by atoms with E-state index in [1.165, 1.54) is 64.2 Å². The highest BCUT2D eigenvalue weighted by atomic mass is 16.3. The Kier molecular flexibility index (Phi) is 19.0. The van der Waals surface area contributed by atoms with Crippen LogP contribution >= 0.6 is 0 Å².